The Balaban J connectivity index is 2.32. The number of halogens is 1. The molecule has 1 N–H and O–H groups in total. The minimum absolute atomic E-state index is 0.104. The molecule has 42 heavy (non-hydrogen) atoms. The molecule has 1 atom stereocenters. The van der Waals surface area contributed by atoms with Gasteiger partial charge in [-0.05, 0) is 41.3 Å². The molecule has 11 nitrogen and oxygen atoms in total. The summed E-state index contributed by atoms with van der Waals surface area (Å²) in [7, 11) is 4.15. The first kappa shape index (κ1) is 30.3. The molecule has 0 bridgehead atoms. The van der Waals surface area contributed by atoms with E-state index in [-0.39, 0.29) is 27.4 Å². The minimum atomic E-state index is -2.30. The standard InChI is InChI=1S/C30H29ClN2O9/c1-29(2,3)15-8-11-17(12-9-15)33-23(27(37)42-7)21(25(35)40-5)20(24(34)39-4)22(26(36)41-6)30(33)18-14-16(31)10-13-19(18)32-28(30)38/h8-14H,1-7H3,(H,32,38). The van der Waals surface area contributed by atoms with Gasteiger partial charge in [0.15, 0.2) is 5.54 Å². The molecule has 4 rings (SSSR count). The second-order valence-electron chi connectivity index (χ2n) is 10.4. The SMILES string of the molecule is COC(=O)C1=C(C(=O)OC)N(c2ccc(C(C)(C)C)cc2)C2(C(=O)Nc3ccc(Cl)cc32)C(C(=O)OC)=C1C(=O)OC. The van der Waals surface area contributed by atoms with Crippen LogP contribution < -0.4 is 10.2 Å². The van der Waals surface area contributed by atoms with Crippen LogP contribution in [0.25, 0.3) is 0 Å². The third-order valence-electron chi connectivity index (χ3n) is 7.14. The number of nitrogens with zero attached hydrogens (tertiary/aromatic N) is 1. The van der Waals surface area contributed by atoms with Crippen LogP contribution in [0.1, 0.15) is 31.9 Å². The van der Waals surface area contributed by atoms with Crippen LogP contribution in [-0.2, 0) is 53.9 Å². The number of anilines is 2. The number of hydrogen-bond donors (Lipinski definition) is 1. The Morgan fingerprint density at radius 3 is 1.86 bits per heavy atom. The second-order valence-corrected chi connectivity index (χ2v) is 10.9. The summed E-state index contributed by atoms with van der Waals surface area (Å²) in [5.41, 5.74) is -3.65. The lowest BCUT2D eigenvalue weighted by atomic mass is 9.73. The van der Waals surface area contributed by atoms with Crippen molar-refractivity contribution in [1.82, 2.24) is 0 Å². The van der Waals surface area contributed by atoms with E-state index in [1.807, 2.05) is 20.8 Å². The lowest BCUT2D eigenvalue weighted by Crippen LogP contribution is -2.59. The molecule has 2 aromatic carbocycles. The van der Waals surface area contributed by atoms with Gasteiger partial charge in [0, 0.05) is 22.0 Å². The summed E-state index contributed by atoms with van der Waals surface area (Å²) in [5.74, 6) is -5.48. The largest absolute Gasteiger partial charge is 0.466 e. The van der Waals surface area contributed by atoms with Gasteiger partial charge in [0.2, 0.25) is 0 Å². The summed E-state index contributed by atoms with van der Waals surface area (Å²) in [4.78, 5) is 69.8. The highest BCUT2D eigenvalue weighted by Gasteiger charge is 2.64. The summed E-state index contributed by atoms with van der Waals surface area (Å²) < 4.78 is 20.1. The molecule has 0 saturated heterocycles. The summed E-state index contributed by atoms with van der Waals surface area (Å²) in [6, 6.07) is 11.2. The van der Waals surface area contributed by atoms with Gasteiger partial charge in [-0.15, -0.1) is 0 Å². The minimum Gasteiger partial charge on any atom is -0.466 e. The molecular formula is C30H29ClN2O9. The lowest BCUT2D eigenvalue weighted by molar-refractivity contribution is -0.143. The van der Waals surface area contributed by atoms with Gasteiger partial charge >= 0.3 is 23.9 Å². The predicted molar refractivity (Wildman–Crippen MR) is 151 cm³/mol. The molecule has 12 heteroatoms. The Morgan fingerprint density at radius 2 is 1.33 bits per heavy atom. The Labute approximate surface area is 247 Å². The molecule has 2 heterocycles. The summed E-state index contributed by atoms with van der Waals surface area (Å²) in [5, 5.41) is 2.90. The third-order valence-corrected chi connectivity index (χ3v) is 7.38. The van der Waals surface area contributed by atoms with Crippen LogP contribution in [0.4, 0.5) is 11.4 Å². The van der Waals surface area contributed by atoms with E-state index in [1.54, 1.807) is 24.3 Å². The molecule has 1 spiro atoms. The molecule has 2 aromatic rings. The van der Waals surface area contributed by atoms with E-state index in [9.17, 15) is 24.0 Å². The smallest absolute Gasteiger partial charge is 0.355 e. The van der Waals surface area contributed by atoms with Gasteiger partial charge in [-0.2, -0.15) is 0 Å². The number of methoxy groups -OCH3 is 4. The maximum Gasteiger partial charge on any atom is 0.355 e. The highest BCUT2D eigenvalue weighted by Crippen LogP contribution is 2.55. The molecule has 0 fully saturated rings. The van der Waals surface area contributed by atoms with E-state index in [0.29, 0.717) is 0 Å². The van der Waals surface area contributed by atoms with Crippen LogP contribution in [0.5, 0.6) is 0 Å². The third kappa shape index (κ3) is 4.50. The van der Waals surface area contributed by atoms with Crippen molar-refractivity contribution in [2.45, 2.75) is 31.7 Å². The van der Waals surface area contributed by atoms with Gasteiger partial charge in [-0.1, -0.05) is 44.5 Å². The van der Waals surface area contributed by atoms with E-state index in [2.05, 4.69) is 5.32 Å². The first-order valence-electron chi connectivity index (χ1n) is 12.6. The molecule has 0 aliphatic carbocycles. The van der Waals surface area contributed by atoms with E-state index in [4.69, 9.17) is 30.5 Å². The molecule has 2 aliphatic rings. The van der Waals surface area contributed by atoms with Crippen LogP contribution >= 0.6 is 11.6 Å². The molecule has 1 amide bonds. The lowest BCUT2D eigenvalue weighted by Gasteiger charge is -2.46. The zero-order chi connectivity index (χ0) is 31.1. The van der Waals surface area contributed by atoms with Crippen molar-refractivity contribution in [3.8, 4) is 0 Å². The maximum absolute atomic E-state index is 14.3. The number of fused-ring (bicyclic) bond motifs is 2. The number of carbonyl (C=O) groups excluding carboxylic acids is 5. The Kier molecular flexibility index (Phi) is 7.92. The van der Waals surface area contributed by atoms with Crippen molar-refractivity contribution in [1.29, 1.82) is 0 Å². The first-order chi connectivity index (χ1) is 19.8. The first-order valence-corrected chi connectivity index (χ1v) is 13.0. The average molecular weight is 597 g/mol. The van der Waals surface area contributed by atoms with Crippen molar-refractivity contribution in [3.05, 3.63) is 81.0 Å². The number of rotatable bonds is 5. The van der Waals surface area contributed by atoms with Crippen LogP contribution in [-0.4, -0.2) is 58.2 Å². The zero-order valence-corrected chi connectivity index (χ0v) is 24.8. The predicted octanol–water partition coefficient (Wildman–Crippen LogP) is 3.55. The Bertz CT molecular complexity index is 1580. The average Bonchev–Trinajstić information content (AvgIpc) is 3.25. The van der Waals surface area contributed by atoms with Crippen molar-refractivity contribution >= 4 is 52.8 Å². The van der Waals surface area contributed by atoms with E-state index < -0.39 is 57.7 Å². The molecular weight excluding hydrogens is 568 g/mol. The van der Waals surface area contributed by atoms with Crippen molar-refractivity contribution in [2.24, 2.45) is 0 Å². The number of carbonyl (C=O) groups is 5. The monoisotopic (exact) mass is 596 g/mol. The molecule has 0 aromatic heterocycles. The fourth-order valence-electron chi connectivity index (χ4n) is 5.23. The number of hydrogen-bond acceptors (Lipinski definition) is 10. The van der Waals surface area contributed by atoms with Crippen LogP contribution in [0.3, 0.4) is 0 Å². The van der Waals surface area contributed by atoms with Gasteiger partial charge in [-0.25, -0.2) is 19.2 Å². The van der Waals surface area contributed by atoms with Gasteiger partial charge in [0.05, 0.1) is 39.6 Å². The zero-order valence-electron chi connectivity index (χ0n) is 24.0. The highest BCUT2D eigenvalue weighted by atomic mass is 35.5. The summed E-state index contributed by atoms with van der Waals surface area (Å²) in [6.07, 6.45) is 0. The number of nitrogens with one attached hydrogen (secondary N) is 1. The maximum atomic E-state index is 14.3. The fraction of sp³-hybridized carbons (Fsp3) is 0.300. The second kappa shape index (κ2) is 11.0. The molecule has 2 aliphatic heterocycles. The van der Waals surface area contributed by atoms with Crippen molar-refractivity contribution in [2.75, 3.05) is 38.7 Å². The highest BCUT2D eigenvalue weighted by molar-refractivity contribution is 6.31. The van der Waals surface area contributed by atoms with Crippen LogP contribution in [0.15, 0.2) is 64.9 Å². The summed E-state index contributed by atoms with van der Waals surface area (Å²) in [6.45, 7) is 6.01. The number of benzene rings is 2. The van der Waals surface area contributed by atoms with E-state index in [1.165, 1.54) is 23.1 Å². The quantitative estimate of drug-likeness (QED) is 0.403. The van der Waals surface area contributed by atoms with Gasteiger partial charge in [0.25, 0.3) is 5.91 Å². The van der Waals surface area contributed by atoms with E-state index >= 15 is 0 Å². The van der Waals surface area contributed by atoms with Gasteiger partial charge < -0.3 is 29.2 Å². The normalized spacial score (nSPS) is 18.0. The van der Waals surface area contributed by atoms with Gasteiger partial charge in [-0.3, -0.25) is 4.79 Å². The Hall–Kier alpha value is -4.64. The number of amides is 1. The van der Waals surface area contributed by atoms with Gasteiger partial charge in [0.1, 0.15) is 11.3 Å². The number of ether oxygens (including phenoxy) is 4. The van der Waals surface area contributed by atoms with E-state index in [0.717, 1.165) is 34.0 Å². The molecule has 220 valence electrons. The fourth-order valence-corrected chi connectivity index (χ4v) is 5.40. The molecule has 1 unspecified atom stereocenters. The Morgan fingerprint density at radius 1 is 0.786 bits per heavy atom. The molecule has 0 radical (unpaired) electrons. The molecule has 0 saturated carbocycles. The number of esters is 4. The summed E-state index contributed by atoms with van der Waals surface area (Å²) >= 11 is 6.39. The van der Waals surface area contributed by atoms with Crippen LogP contribution in [0.2, 0.25) is 5.02 Å². The van der Waals surface area contributed by atoms with Crippen molar-refractivity contribution < 1.29 is 42.9 Å². The van der Waals surface area contributed by atoms with Crippen LogP contribution in [0, 0.1) is 0 Å². The topological polar surface area (TPSA) is 138 Å². The van der Waals surface area contributed by atoms with Crippen molar-refractivity contribution in [3.63, 3.8) is 0 Å².